The second-order valence-electron chi connectivity index (χ2n) is 6.09. The highest BCUT2D eigenvalue weighted by Gasteiger charge is 2.13. The molecule has 0 amide bonds. The van der Waals surface area contributed by atoms with Crippen molar-refractivity contribution in [2.24, 2.45) is 0 Å². The van der Waals surface area contributed by atoms with Crippen molar-refractivity contribution < 1.29 is 5.11 Å². The lowest BCUT2D eigenvalue weighted by atomic mass is 9.86. The van der Waals surface area contributed by atoms with Gasteiger partial charge in [-0.3, -0.25) is 0 Å². The molecule has 0 spiro atoms. The molecule has 0 aliphatic heterocycles. The molecule has 0 saturated heterocycles. The summed E-state index contributed by atoms with van der Waals surface area (Å²) in [7, 11) is 0. The van der Waals surface area contributed by atoms with Crippen LogP contribution in [0.5, 0.6) is 0 Å². The molecule has 1 N–H and O–H groups in total. The van der Waals surface area contributed by atoms with Crippen LogP contribution in [0.4, 0.5) is 0 Å². The highest BCUT2D eigenvalue weighted by atomic mass is 16.3. The predicted molar refractivity (Wildman–Crippen MR) is 85.6 cm³/mol. The van der Waals surface area contributed by atoms with Gasteiger partial charge in [-0.15, -0.1) is 0 Å². The number of benzene rings is 2. The fraction of sp³-hybridized carbons (Fsp3) is 0.263. The Morgan fingerprint density at radius 3 is 2.05 bits per heavy atom. The van der Waals surface area contributed by atoms with Gasteiger partial charge in [0.2, 0.25) is 0 Å². The van der Waals surface area contributed by atoms with Crippen LogP contribution in [0.25, 0.3) is 6.08 Å². The molecule has 0 heterocycles. The fourth-order valence-corrected chi connectivity index (χ4v) is 2.06. The van der Waals surface area contributed by atoms with Gasteiger partial charge in [-0.2, -0.15) is 0 Å². The Balaban J connectivity index is 2.10. The summed E-state index contributed by atoms with van der Waals surface area (Å²) in [4.78, 5) is 0. The van der Waals surface area contributed by atoms with Crippen LogP contribution in [0.3, 0.4) is 0 Å². The van der Waals surface area contributed by atoms with Crippen LogP contribution in [-0.2, 0) is 5.41 Å². The van der Waals surface area contributed by atoms with E-state index in [4.69, 9.17) is 0 Å². The van der Waals surface area contributed by atoms with Gasteiger partial charge in [-0.1, -0.05) is 87.5 Å². The van der Waals surface area contributed by atoms with Crippen molar-refractivity contribution in [3.63, 3.8) is 0 Å². The lowest BCUT2D eigenvalue weighted by Gasteiger charge is -2.19. The summed E-state index contributed by atoms with van der Waals surface area (Å²) < 4.78 is 0. The molecule has 104 valence electrons. The Morgan fingerprint density at radius 1 is 0.900 bits per heavy atom. The van der Waals surface area contributed by atoms with Gasteiger partial charge < -0.3 is 5.11 Å². The summed E-state index contributed by atoms with van der Waals surface area (Å²) in [5, 5.41) is 10.2. The van der Waals surface area contributed by atoms with E-state index in [9.17, 15) is 5.11 Å². The van der Waals surface area contributed by atoms with Crippen molar-refractivity contribution in [1.82, 2.24) is 0 Å². The van der Waals surface area contributed by atoms with Gasteiger partial charge in [0.1, 0.15) is 0 Å². The Hall–Kier alpha value is -1.86. The molecule has 20 heavy (non-hydrogen) atoms. The third-order valence-electron chi connectivity index (χ3n) is 3.39. The van der Waals surface area contributed by atoms with Gasteiger partial charge in [0.05, 0.1) is 6.10 Å². The summed E-state index contributed by atoms with van der Waals surface area (Å²) in [6.07, 6.45) is 3.20. The normalized spacial score (nSPS) is 13.6. The molecule has 0 saturated carbocycles. The minimum absolute atomic E-state index is 0.142. The van der Waals surface area contributed by atoms with Crippen LogP contribution in [-0.4, -0.2) is 5.11 Å². The number of aliphatic hydroxyl groups is 1. The zero-order chi connectivity index (χ0) is 14.6. The van der Waals surface area contributed by atoms with Gasteiger partial charge in [0.15, 0.2) is 0 Å². The highest BCUT2D eigenvalue weighted by Crippen LogP contribution is 2.24. The van der Waals surface area contributed by atoms with Gasteiger partial charge in [-0.25, -0.2) is 0 Å². The molecule has 2 rings (SSSR count). The second-order valence-corrected chi connectivity index (χ2v) is 6.09. The van der Waals surface area contributed by atoms with Crippen molar-refractivity contribution in [2.45, 2.75) is 32.3 Å². The molecular weight excluding hydrogens is 244 g/mol. The van der Waals surface area contributed by atoms with E-state index >= 15 is 0 Å². The van der Waals surface area contributed by atoms with Crippen LogP contribution in [0.1, 0.15) is 43.6 Å². The molecule has 1 nitrogen and oxygen atoms in total. The molecule has 0 fully saturated rings. The lowest BCUT2D eigenvalue weighted by molar-refractivity contribution is 0.229. The van der Waals surface area contributed by atoms with Gasteiger partial charge in [0.25, 0.3) is 0 Å². The zero-order valence-corrected chi connectivity index (χ0v) is 12.4. The van der Waals surface area contributed by atoms with Crippen molar-refractivity contribution in [1.29, 1.82) is 0 Å². The van der Waals surface area contributed by atoms with E-state index in [1.807, 2.05) is 54.6 Å². The summed E-state index contributed by atoms with van der Waals surface area (Å²) in [6, 6.07) is 18.2. The predicted octanol–water partition coefficient (Wildman–Crippen LogP) is 4.73. The van der Waals surface area contributed by atoms with Crippen LogP contribution < -0.4 is 0 Å². The molecule has 0 aliphatic carbocycles. The molecular formula is C19H22O. The standard InChI is InChI=1S/C19H22O/c1-19(2,3)17-12-10-16(11-13-17)18(20)14-9-15-7-5-4-6-8-15/h4-14,18,20H,1-3H3. The average Bonchev–Trinajstić information content (AvgIpc) is 2.45. The summed E-state index contributed by atoms with van der Waals surface area (Å²) in [6.45, 7) is 6.56. The molecule has 2 aromatic rings. The number of aliphatic hydroxyl groups excluding tert-OH is 1. The Kier molecular flexibility index (Phi) is 4.41. The monoisotopic (exact) mass is 266 g/mol. The Bertz CT molecular complexity index is 559. The molecule has 1 atom stereocenters. The summed E-state index contributed by atoms with van der Waals surface area (Å²) >= 11 is 0. The van der Waals surface area contributed by atoms with E-state index in [0.717, 1.165) is 11.1 Å². The number of hydrogen-bond donors (Lipinski definition) is 1. The lowest BCUT2D eigenvalue weighted by Crippen LogP contribution is -2.10. The summed E-state index contributed by atoms with van der Waals surface area (Å²) in [5.74, 6) is 0. The smallest absolute Gasteiger partial charge is 0.0975 e. The van der Waals surface area contributed by atoms with Crippen LogP contribution in [0.2, 0.25) is 0 Å². The van der Waals surface area contributed by atoms with Gasteiger partial charge in [-0.05, 0) is 22.1 Å². The van der Waals surface area contributed by atoms with E-state index in [1.54, 1.807) is 0 Å². The largest absolute Gasteiger partial charge is 0.384 e. The first-order valence-electron chi connectivity index (χ1n) is 6.98. The zero-order valence-electron chi connectivity index (χ0n) is 12.4. The van der Waals surface area contributed by atoms with Crippen molar-refractivity contribution >= 4 is 6.08 Å². The van der Waals surface area contributed by atoms with Crippen LogP contribution in [0, 0.1) is 0 Å². The quantitative estimate of drug-likeness (QED) is 0.851. The first-order valence-corrected chi connectivity index (χ1v) is 6.98. The van der Waals surface area contributed by atoms with E-state index < -0.39 is 6.10 Å². The van der Waals surface area contributed by atoms with E-state index in [0.29, 0.717) is 0 Å². The second kappa shape index (κ2) is 6.06. The van der Waals surface area contributed by atoms with E-state index in [1.165, 1.54) is 5.56 Å². The van der Waals surface area contributed by atoms with Crippen LogP contribution >= 0.6 is 0 Å². The van der Waals surface area contributed by atoms with Crippen molar-refractivity contribution in [2.75, 3.05) is 0 Å². The number of rotatable bonds is 3. The molecule has 0 aromatic heterocycles. The average molecular weight is 266 g/mol. The first kappa shape index (κ1) is 14.5. The SMILES string of the molecule is CC(C)(C)c1ccc(C(O)C=Cc2ccccc2)cc1. The van der Waals surface area contributed by atoms with Crippen molar-refractivity contribution in [3.05, 3.63) is 77.4 Å². The molecule has 1 unspecified atom stereocenters. The maximum absolute atomic E-state index is 10.2. The third kappa shape index (κ3) is 3.82. The Labute approximate surface area is 121 Å². The molecule has 0 bridgehead atoms. The van der Waals surface area contributed by atoms with Gasteiger partial charge in [0, 0.05) is 0 Å². The topological polar surface area (TPSA) is 20.2 Å². The maximum Gasteiger partial charge on any atom is 0.0975 e. The fourth-order valence-electron chi connectivity index (χ4n) is 2.06. The van der Waals surface area contributed by atoms with Crippen LogP contribution in [0.15, 0.2) is 60.7 Å². The maximum atomic E-state index is 10.2. The molecule has 0 aliphatic rings. The summed E-state index contributed by atoms with van der Waals surface area (Å²) in [5.41, 5.74) is 3.44. The highest BCUT2D eigenvalue weighted by molar-refractivity contribution is 5.50. The Morgan fingerprint density at radius 2 is 1.50 bits per heavy atom. The van der Waals surface area contributed by atoms with E-state index in [2.05, 4.69) is 32.9 Å². The van der Waals surface area contributed by atoms with E-state index in [-0.39, 0.29) is 5.41 Å². The van der Waals surface area contributed by atoms with Gasteiger partial charge >= 0.3 is 0 Å². The minimum atomic E-state index is -0.566. The molecule has 2 aromatic carbocycles. The van der Waals surface area contributed by atoms with Crippen molar-refractivity contribution in [3.8, 4) is 0 Å². The number of hydrogen-bond acceptors (Lipinski definition) is 1. The first-order chi connectivity index (χ1) is 9.47. The molecule has 1 heteroatoms. The third-order valence-corrected chi connectivity index (χ3v) is 3.39. The minimum Gasteiger partial charge on any atom is -0.384 e. The molecule has 0 radical (unpaired) electrons.